The molecule has 1 spiro atoms. The number of alkyl halides is 3. The molecule has 11 heteroatoms. The molecule has 1 saturated carbocycles. The Labute approximate surface area is 199 Å². The minimum absolute atomic E-state index is 0.127. The normalized spacial score (nSPS) is 20.7. The molecule has 1 atom stereocenters. The number of carbonyl (C=O) groups excluding carboxylic acids is 2. The van der Waals surface area contributed by atoms with E-state index in [-0.39, 0.29) is 23.6 Å². The third kappa shape index (κ3) is 4.57. The van der Waals surface area contributed by atoms with Crippen LogP contribution in [0.2, 0.25) is 0 Å². The second-order valence-corrected chi connectivity index (χ2v) is 9.40. The van der Waals surface area contributed by atoms with Gasteiger partial charge in [-0.15, -0.1) is 0 Å². The lowest BCUT2D eigenvalue weighted by Gasteiger charge is -2.35. The molecule has 2 N–H and O–H groups in total. The zero-order valence-electron chi connectivity index (χ0n) is 18.9. The maximum Gasteiger partial charge on any atom is 0.422 e. The molecule has 2 aliphatic carbocycles. The van der Waals surface area contributed by atoms with Crippen LogP contribution in [0.15, 0.2) is 18.2 Å². The van der Waals surface area contributed by atoms with Crippen LogP contribution in [0.5, 0.6) is 5.75 Å². The number of ether oxygens (including phenoxy) is 1. The average molecular weight is 487 g/mol. The molecule has 8 nitrogen and oxygen atoms in total. The largest absolute Gasteiger partial charge is 0.484 e. The van der Waals surface area contributed by atoms with Gasteiger partial charge in [-0.25, -0.2) is 0 Å². The molecule has 1 aromatic carbocycles. The number of fused-ring (bicyclic) bond motifs is 3. The Kier molecular flexibility index (Phi) is 5.69. The molecule has 2 aromatic rings. The monoisotopic (exact) mass is 487 g/mol. The van der Waals surface area contributed by atoms with Gasteiger partial charge < -0.3 is 15.4 Å². The first-order valence-corrected chi connectivity index (χ1v) is 11.6. The Bertz CT molecular complexity index is 1230. The average Bonchev–Trinajstić information content (AvgIpc) is 3.48. The van der Waals surface area contributed by atoms with Gasteiger partial charge in [0.05, 0.1) is 22.9 Å². The maximum atomic E-state index is 13.3. The molecular formula is C24H24F3N5O3. The lowest BCUT2D eigenvalue weighted by Crippen LogP contribution is -2.50. The standard InChI is InChI=1S/C24H24F3N5O3/c25-24(26,27)13-35-16-3-4-17-15(11-16)5-7-23(17)12-18-19(21(33)30-23)20(22(34)29-9-8-28)32(31-18)10-6-14-1-2-14/h3-4,11,14H,1-2,5-7,9-10,12-13H2,(H,29,34)(H,30,33)/t23-/m0/s1. The number of nitriles is 1. The van der Waals surface area contributed by atoms with E-state index in [1.54, 1.807) is 16.8 Å². The molecule has 35 heavy (non-hydrogen) atoms. The topological polar surface area (TPSA) is 109 Å². The first kappa shape index (κ1) is 23.2. The van der Waals surface area contributed by atoms with E-state index in [1.807, 2.05) is 6.07 Å². The molecule has 2 amide bonds. The number of halogens is 3. The summed E-state index contributed by atoms with van der Waals surface area (Å²) in [6.45, 7) is -1.05. The molecule has 3 aliphatic rings. The van der Waals surface area contributed by atoms with Crippen molar-refractivity contribution in [1.82, 2.24) is 20.4 Å². The number of hydrogen-bond acceptors (Lipinski definition) is 5. The maximum absolute atomic E-state index is 13.3. The first-order valence-electron chi connectivity index (χ1n) is 11.6. The van der Waals surface area contributed by atoms with Gasteiger partial charge in [-0.05, 0) is 48.4 Å². The number of amides is 2. The minimum Gasteiger partial charge on any atom is -0.484 e. The molecule has 5 rings (SSSR count). The zero-order chi connectivity index (χ0) is 24.8. The number of nitrogens with zero attached hydrogens (tertiary/aromatic N) is 3. The summed E-state index contributed by atoms with van der Waals surface area (Å²) in [7, 11) is 0. The van der Waals surface area contributed by atoms with Gasteiger partial charge >= 0.3 is 6.18 Å². The first-order chi connectivity index (χ1) is 16.7. The summed E-state index contributed by atoms with van der Waals surface area (Å²) in [5.74, 6) is -0.208. The molecule has 184 valence electrons. The second kappa shape index (κ2) is 8.59. The van der Waals surface area contributed by atoms with Crippen LogP contribution in [0.1, 0.15) is 63.4 Å². The Balaban J connectivity index is 1.44. The third-order valence-electron chi connectivity index (χ3n) is 6.88. The van der Waals surface area contributed by atoms with E-state index in [4.69, 9.17) is 10.00 Å². The van der Waals surface area contributed by atoms with E-state index in [1.165, 1.54) is 6.07 Å². The molecule has 1 fully saturated rings. The number of hydrogen-bond donors (Lipinski definition) is 2. The van der Waals surface area contributed by atoms with E-state index in [0.29, 0.717) is 37.4 Å². The Morgan fingerprint density at radius 3 is 2.89 bits per heavy atom. The van der Waals surface area contributed by atoms with Crippen LogP contribution >= 0.6 is 0 Å². The Hall–Kier alpha value is -3.55. The predicted molar refractivity (Wildman–Crippen MR) is 117 cm³/mol. The van der Waals surface area contributed by atoms with Gasteiger partial charge in [-0.2, -0.15) is 23.5 Å². The van der Waals surface area contributed by atoms with Crippen LogP contribution in [0.25, 0.3) is 0 Å². The van der Waals surface area contributed by atoms with Crippen molar-refractivity contribution in [2.45, 2.75) is 56.8 Å². The smallest absolute Gasteiger partial charge is 0.422 e. The fourth-order valence-corrected chi connectivity index (χ4v) is 5.09. The summed E-state index contributed by atoms with van der Waals surface area (Å²) in [5, 5.41) is 19.1. The molecular weight excluding hydrogens is 463 g/mol. The van der Waals surface area contributed by atoms with Gasteiger partial charge in [0.15, 0.2) is 6.61 Å². The van der Waals surface area contributed by atoms with Crippen LogP contribution in [0, 0.1) is 17.2 Å². The summed E-state index contributed by atoms with van der Waals surface area (Å²) in [6, 6.07) is 6.64. The van der Waals surface area contributed by atoms with Crippen molar-refractivity contribution in [3.8, 4) is 11.8 Å². The number of benzene rings is 1. The van der Waals surface area contributed by atoms with Gasteiger partial charge in [-0.3, -0.25) is 14.3 Å². The van der Waals surface area contributed by atoms with Crippen LogP contribution < -0.4 is 15.4 Å². The molecule has 2 heterocycles. The molecule has 0 unspecified atom stereocenters. The summed E-state index contributed by atoms with van der Waals surface area (Å²) < 4.78 is 44.0. The highest BCUT2D eigenvalue weighted by molar-refractivity contribution is 6.08. The van der Waals surface area contributed by atoms with Crippen molar-refractivity contribution in [3.63, 3.8) is 0 Å². The molecule has 1 aliphatic heterocycles. The number of aryl methyl sites for hydroxylation is 2. The zero-order valence-corrected chi connectivity index (χ0v) is 18.9. The summed E-state index contributed by atoms with van der Waals surface area (Å²) >= 11 is 0. The summed E-state index contributed by atoms with van der Waals surface area (Å²) in [6.07, 6.45) is 0.197. The van der Waals surface area contributed by atoms with Crippen molar-refractivity contribution < 1.29 is 27.5 Å². The van der Waals surface area contributed by atoms with Crippen LogP contribution in [0.3, 0.4) is 0 Å². The van der Waals surface area contributed by atoms with E-state index in [2.05, 4.69) is 15.7 Å². The van der Waals surface area contributed by atoms with Gasteiger partial charge in [-0.1, -0.05) is 18.9 Å². The van der Waals surface area contributed by atoms with E-state index in [9.17, 15) is 22.8 Å². The van der Waals surface area contributed by atoms with Crippen molar-refractivity contribution in [3.05, 3.63) is 46.3 Å². The van der Waals surface area contributed by atoms with Crippen LogP contribution in [-0.4, -0.2) is 40.9 Å². The van der Waals surface area contributed by atoms with Gasteiger partial charge in [0, 0.05) is 13.0 Å². The third-order valence-corrected chi connectivity index (χ3v) is 6.88. The fraction of sp³-hybridized carbons (Fsp3) is 0.500. The van der Waals surface area contributed by atoms with Crippen molar-refractivity contribution in [2.75, 3.05) is 13.2 Å². The quantitative estimate of drug-likeness (QED) is 0.584. The predicted octanol–water partition coefficient (Wildman–Crippen LogP) is 3.01. The van der Waals surface area contributed by atoms with Crippen molar-refractivity contribution in [2.24, 2.45) is 5.92 Å². The Morgan fingerprint density at radius 1 is 1.37 bits per heavy atom. The number of nitrogens with one attached hydrogen (secondary N) is 2. The lowest BCUT2D eigenvalue weighted by atomic mass is 9.82. The van der Waals surface area contributed by atoms with Crippen LogP contribution in [0.4, 0.5) is 13.2 Å². The van der Waals surface area contributed by atoms with Gasteiger partial charge in [0.2, 0.25) is 0 Å². The van der Waals surface area contributed by atoms with Gasteiger partial charge in [0.25, 0.3) is 11.8 Å². The number of aromatic nitrogens is 2. The van der Waals surface area contributed by atoms with E-state index in [0.717, 1.165) is 30.4 Å². The highest BCUT2D eigenvalue weighted by atomic mass is 19.4. The Morgan fingerprint density at radius 2 is 2.17 bits per heavy atom. The van der Waals surface area contributed by atoms with Crippen molar-refractivity contribution in [1.29, 1.82) is 5.26 Å². The second-order valence-electron chi connectivity index (χ2n) is 9.40. The highest BCUT2D eigenvalue weighted by Crippen LogP contribution is 2.44. The van der Waals surface area contributed by atoms with E-state index < -0.39 is 30.1 Å². The minimum atomic E-state index is -4.43. The fourth-order valence-electron chi connectivity index (χ4n) is 5.09. The van der Waals surface area contributed by atoms with Gasteiger partial charge in [0.1, 0.15) is 18.0 Å². The number of carbonyl (C=O) groups is 2. The number of rotatable bonds is 7. The molecule has 1 aromatic heterocycles. The molecule has 0 radical (unpaired) electrons. The molecule has 0 bridgehead atoms. The van der Waals surface area contributed by atoms with Crippen LogP contribution in [-0.2, 0) is 24.9 Å². The summed E-state index contributed by atoms with van der Waals surface area (Å²) in [5.41, 5.74) is 1.78. The SMILES string of the molecule is N#CCNC(=O)c1c2c(nn1CCC1CC1)C[C@]1(CCc3cc(OCC(F)(F)F)ccc31)NC2=O. The van der Waals surface area contributed by atoms with E-state index >= 15 is 0 Å². The van der Waals surface area contributed by atoms with Crippen molar-refractivity contribution >= 4 is 11.8 Å². The summed E-state index contributed by atoms with van der Waals surface area (Å²) in [4.78, 5) is 26.2. The molecule has 0 saturated heterocycles. The highest BCUT2D eigenvalue weighted by Gasteiger charge is 2.47. The lowest BCUT2D eigenvalue weighted by molar-refractivity contribution is -0.153.